The van der Waals surface area contributed by atoms with E-state index >= 15 is 0 Å². The summed E-state index contributed by atoms with van der Waals surface area (Å²) in [5.41, 5.74) is 16.0. The van der Waals surface area contributed by atoms with Gasteiger partial charge in [-0.05, 0) is 37.6 Å². The number of aryl methyl sites for hydroxylation is 2. The van der Waals surface area contributed by atoms with E-state index in [1.807, 2.05) is 26.0 Å². The van der Waals surface area contributed by atoms with Crippen LogP contribution < -0.4 is 11.5 Å². The molecule has 4 aromatic rings. The van der Waals surface area contributed by atoms with Crippen LogP contribution in [-0.4, -0.2) is 15.5 Å². The summed E-state index contributed by atoms with van der Waals surface area (Å²) in [6.07, 6.45) is 3.16. The number of benzene rings is 1. The summed E-state index contributed by atoms with van der Waals surface area (Å²) in [5, 5.41) is 1.93. The molecular formula is C18H15ClN4O2. The third kappa shape index (κ3) is 2.11. The highest BCUT2D eigenvalue weighted by atomic mass is 35.5. The molecular weight excluding hydrogens is 340 g/mol. The van der Waals surface area contributed by atoms with Gasteiger partial charge in [-0.15, -0.1) is 0 Å². The number of carbonyl (C=O) groups is 1. The van der Waals surface area contributed by atoms with Gasteiger partial charge in [-0.3, -0.25) is 9.36 Å². The molecule has 0 aliphatic heterocycles. The van der Waals surface area contributed by atoms with E-state index in [0.29, 0.717) is 16.1 Å². The van der Waals surface area contributed by atoms with Crippen LogP contribution in [0.1, 0.15) is 21.5 Å². The van der Waals surface area contributed by atoms with Crippen molar-refractivity contribution in [2.24, 2.45) is 5.73 Å². The van der Waals surface area contributed by atoms with E-state index in [9.17, 15) is 4.79 Å². The lowest BCUT2D eigenvalue weighted by molar-refractivity contribution is 0.100. The Labute approximate surface area is 148 Å². The number of aromatic nitrogens is 2. The SMILES string of the molecule is Cc1cc2ccoc2c(C)c1-n1c(N)c(C(N)=O)c2cc(Cl)cnc21. The van der Waals surface area contributed by atoms with Gasteiger partial charge in [-0.2, -0.15) is 0 Å². The molecule has 0 atom stereocenters. The van der Waals surface area contributed by atoms with Crippen molar-refractivity contribution >= 4 is 45.3 Å². The zero-order chi connectivity index (χ0) is 17.9. The monoisotopic (exact) mass is 354 g/mol. The minimum Gasteiger partial charge on any atom is -0.464 e. The summed E-state index contributed by atoms with van der Waals surface area (Å²) >= 11 is 6.05. The van der Waals surface area contributed by atoms with Crippen LogP contribution in [0.15, 0.2) is 35.1 Å². The van der Waals surface area contributed by atoms with Gasteiger partial charge in [0, 0.05) is 22.5 Å². The second-order valence-corrected chi connectivity index (χ2v) is 6.43. The smallest absolute Gasteiger partial charge is 0.253 e. The van der Waals surface area contributed by atoms with E-state index in [-0.39, 0.29) is 11.4 Å². The standard InChI is InChI=1S/C18H15ClN4O2/c1-8-5-10-3-4-25-15(10)9(2)14(8)23-16(20)13(17(21)24)12-6-11(19)7-22-18(12)23/h3-7H,20H2,1-2H3,(H2,21,24). The molecule has 0 fully saturated rings. The zero-order valence-corrected chi connectivity index (χ0v) is 14.4. The summed E-state index contributed by atoms with van der Waals surface area (Å²) in [6.45, 7) is 3.92. The normalized spacial score (nSPS) is 11.5. The average Bonchev–Trinajstić information content (AvgIpc) is 3.10. The van der Waals surface area contributed by atoms with E-state index in [2.05, 4.69) is 4.98 Å². The Morgan fingerprint density at radius 2 is 2.08 bits per heavy atom. The quantitative estimate of drug-likeness (QED) is 0.572. The van der Waals surface area contributed by atoms with E-state index in [4.69, 9.17) is 27.5 Å². The Morgan fingerprint density at radius 1 is 1.32 bits per heavy atom. The van der Waals surface area contributed by atoms with E-state index in [1.165, 1.54) is 6.20 Å². The van der Waals surface area contributed by atoms with Crippen molar-refractivity contribution < 1.29 is 9.21 Å². The number of fused-ring (bicyclic) bond motifs is 2. The van der Waals surface area contributed by atoms with Crippen molar-refractivity contribution in [2.45, 2.75) is 13.8 Å². The van der Waals surface area contributed by atoms with Crippen LogP contribution in [-0.2, 0) is 0 Å². The fourth-order valence-corrected chi connectivity index (χ4v) is 3.59. The largest absolute Gasteiger partial charge is 0.464 e. The van der Waals surface area contributed by atoms with Gasteiger partial charge < -0.3 is 15.9 Å². The van der Waals surface area contributed by atoms with Crippen LogP contribution in [0.25, 0.3) is 27.7 Å². The maximum Gasteiger partial charge on any atom is 0.253 e. The topological polar surface area (TPSA) is 100 Å². The maximum atomic E-state index is 12.0. The van der Waals surface area contributed by atoms with Crippen LogP contribution >= 0.6 is 11.6 Å². The molecule has 4 N–H and O–H groups in total. The lowest BCUT2D eigenvalue weighted by atomic mass is 10.1. The van der Waals surface area contributed by atoms with Gasteiger partial charge in [-0.25, -0.2) is 4.98 Å². The number of nitrogens with two attached hydrogens (primary N) is 2. The first-order valence-corrected chi connectivity index (χ1v) is 8.01. The molecule has 0 saturated heterocycles. The molecule has 25 heavy (non-hydrogen) atoms. The van der Waals surface area contributed by atoms with Crippen LogP contribution in [0.3, 0.4) is 0 Å². The number of nitrogen functional groups attached to an aromatic ring is 1. The van der Waals surface area contributed by atoms with Crippen molar-refractivity contribution in [3.8, 4) is 5.69 Å². The average molecular weight is 355 g/mol. The number of pyridine rings is 1. The summed E-state index contributed by atoms with van der Waals surface area (Å²) < 4.78 is 7.34. The molecule has 3 aromatic heterocycles. The first kappa shape index (κ1) is 15.5. The number of primary amides is 1. The van der Waals surface area contributed by atoms with Gasteiger partial charge in [0.15, 0.2) is 0 Å². The molecule has 0 radical (unpaired) electrons. The summed E-state index contributed by atoms with van der Waals surface area (Å²) in [6, 6.07) is 5.56. The van der Waals surface area contributed by atoms with E-state index in [0.717, 1.165) is 27.8 Å². The summed E-state index contributed by atoms with van der Waals surface area (Å²) in [4.78, 5) is 16.4. The van der Waals surface area contributed by atoms with Gasteiger partial charge in [0.2, 0.25) is 0 Å². The van der Waals surface area contributed by atoms with E-state index in [1.54, 1.807) is 16.9 Å². The van der Waals surface area contributed by atoms with Gasteiger partial charge >= 0.3 is 0 Å². The number of rotatable bonds is 2. The molecule has 4 rings (SSSR count). The number of hydrogen-bond donors (Lipinski definition) is 2. The van der Waals surface area contributed by atoms with Crippen molar-refractivity contribution in [1.29, 1.82) is 0 Å². The molecule has 126 valence electrons. The van der Waals surface area contributed by atoms with Gasteiger partial charge in [0.25, 0.3) is 5.91 Å². The summed E-state index contributed by atoms with van der Waals surface area (Å²) in [5.74, 6) is -0.394. The highest BCUT2D eigenvalue weighted by Gasteiger charge is 2.24. The molecule has 0 bridgehead atoms. The minimum atomic E-state index is -0.625. The Hall–Kier alpha value is -2.99. The molecule has 1 aromatic carbocycles. The number of hydrogen-bond acceptors (Lipinski definition) is 4. The molecule has 0 spiro atoms. The zero-order valence-electron chi connectivity index (χ0n) is 13.6. The Bertz CT molecular complexity index is 1170. The number of nitrogens with zero attached hydrogens (tertiary/aromatic N) is 2. The first-order valence-electron chi connectivity index (χ1n) is 7.63. The van der Waals surface area contributed by atoms with Crippen LogP contribution in [0, 0.1) is 13.8 Å². The van der Waals surface area contributed by atoms with Crippen molar-refractivity contribution in [3.05, 3.63) is 52.4 Å². The molecule has 7 heteroatoms. The Morgan fingerprint density at radius 3 is 2.80 bits per heavy atom. The van der Waals surface area contributed by atoms with Crippen molar-refractivity contribution in [3.63, 3.8) is 0 Å². The molecule has 0 saturated carbocycles. The fraction of sp³-hybridized carbons (Fsp3) is 0.111. The molecule has 0 aliphatic carbocycles. The number of anilines is 1. The first-order chi connectivity index (χ1) is 11.9. The van der Waals surface area contributed by atoms with Crippen molar-refractivity contribution in [1.82, 2.24) is 9.55 Å². The second kappa shape index (κ2) is 5.26. The predicted molar refractivity (Wildman–Crippen MR) is 98.3 cm³/mol. The molecule has 1 amide bonds. The third-order valence-electron chi connectivity index (χ3n) is 4.42. The van der Waals surface area contributed by atoms with Gasteiger partial charge in [0.1, 0.15) is 17.0 Å². The highest BCUT2D eigenvalue weighted by Crippen LogP contribution is 2.36. The highest BCUT2D eigenvalue weighted by molar-refractivity contribution is 6.31. The van der Waals surface area contributed by atoms with Gasteiger partial charge in [0.05, 0.1) is 22.5 Å². The van der Waals surface area contributed by atoms with Crippen LogP contribution in [0.5, 0.6) is 0 Å². The number of amides is 1. The minimum absolute atomic E-state index is 0.211. The molecule has 0 unspecified atom stereocenters. The lowest BCUT2D eigenvalue weighted by Crippen LogP contribution is -2.14. The fourth-order valence-electron chi connectivity index (χ4n) is 3.43. The molecule has 3 heterocycles. The van der Waals surface area contributed by atoms with E-state index < -0.39 is 5.91 Å². The predicted octanol–water partition coefficient (Wildman–Crippen LogP) is 3.72. The number of carbonyl (C=O) groups excluding carboxylic acids is 1. The summed E-state index contributed by atoms with van der Waals surface area (Å²) in [7, 11) is 0. The number of halogens is 1. The van der Waals surface area contributed by atoms with Crippen LogP contribution in [0.4, 0.5) is 5.82 Å². The molecule has 0 aliphatic rings. The van der Waals surface area contributed by atoms with Gasteiger partial charge in [-0.1, -0.05) is 11.6 Å². The van der Waals surface area contributed by atoms with Crippen molar-refractivity contribution in [2.75, 3.05) is 5.73 Å². The van der Waals surface area contributed by atoms with Crippen LogP contribution in [0.2, 0.25) is 5.02 Å². The maximum absolute atomic E-state index is 12.0. The Kier molecular flexibility index (Phi) is 3.27. The lowest BCUT2D eigenvalue weighted by Gasteiger charge is -2.14. The third-order valence-corrected chi connectivity index (χ3v) is 4.63. The second-order valence-electron chi connectivity index (χ2n) is 5.99. The Balaban J connectivity index is 2.19. The molecule has 6 nitrogen and oxygen atoms in total. The number of furan rings is 1.